The largest absolute Gasteiger partial charge is 0.493 e. The van der Waals surface area contributed by atoms with Gasteiger partial charge in [-0.1, -0.05) is 0 Å². The summed E-state index contributed by atoms with van der Waals surface area (Å²) >= 11 is 0. The zero-order valence-electron chi connectivity index (χ0n) is 18.6. The van der Waals surface area contributed by atoms with E-state index in [4.69, 9.17) is 14.2 Å². The summed E-state index contributed by atoms with van der Waals surface area (Å²) in [5, 5.41) is 0. The molecule has 4 bridgehead atoms. The van der Waals surface area contributed by atoms with E-state index >= 15 is 0 Å². The number of nitrogens with zero attached hydrogens (tertiary/aromatic N) is 1. The number of carbonyl (C=O) groups excluding carboxylic acids is 1. The Bertz CT molecular complexity index is 759. The fourth-order valence-electron chi connectivity index (χ4n) is 7.77. The molecule has 0 N–H and O–H groups in total. The molecule has 1 aliphatic heterocycles. The quantitative estimate of drug-likeness (QED) is 0.687. The van der Waals surface area contributed by atoms with Crippen LogP contribution in [0.1, 0.15) is 68.1 Å². The van der Waals surface area contributed by atoms with E-state index in [2.05, 4.69) is 4.90 Å². The van der Waals surface area contributed by atoms with E-state index in [0.717, 1.165) is 37.1 Å². The van der Waals surface area contributed by atoms with Gasteiger partial charge in [-0.05, 0) is 93.1 Å². The molecule has 1 aromatic carbocycles. The van der Waals surface area contributed by atoms with Crippen molar-refractivity contribution in [3.63, 3.8) is 0 Å². The topological polar surface area (TPSA) is 48.0 Å². The van der Waals surface area contributed by atoms with Gasteiger partial charge in [0.25, 0.3) is 5.91 Å². The van der Waals surface area contributed by atoms with Crippen molar-refractivity contribution in [3.8, 4) is 17.2 Å². The Morgan fingerprint density at radius 2 is 1.47 bits per heavy atom. The van der Waals surface area contributed by atoms with E-state index in [9.17, 15) is 4.79 Å². The predicted molar refractivity (Wildman–Crippen MR) is 115 cm³/mol. The number of carbonyl (C=O) groups is 1. The molecule has 1 saturated heterocycles. The molecular formula is C25H35NO4. The van der Waals surface area contributed by atoms with Crippen LogP contribution in [-0.2, 0) is 0 Å². The summed E-state index contributed by atoms with van der Waals surface area (Å²) in [6.45, 7) is 0.863. The highest BCUT2D eigenvalue weighted by Gasteiger charge is 2.56. The molecule has 1 heterocycles. The summed E-state index contributed by atoms with van der Waals surface area (Å²) in [5.74, 6) is 4.44. The number of piperidine rings is 1. The van der Waals surface area contributed by atoms with E-state index < -0.39 is 0 Å². The second kappa shape index (κ2) is 7.65. The van der Waals surface area contributed by atoms with Crippen LogP contribution in [0.15, 0.2) is 12.1 Å². The van der Waals surface area contributed by atoms with Crippen molar-refractivity contribution in [2.24, 2.45) is 23.2 Å². The molecule has 1 atom stereocenters. The van der Waals surface area contributed by atoms with Gasteiger partial charge in [0, 0.05) is 18.2 Å². The first-order valence-corrected chi connectivity index (χ1v) is 11.7. The monoisotopic (exact) mass is 413 g/mol. The van der Waals surface area contributed by atoms with Gasteiger partial charge in [0.2, 0.25) is 5.75 Å². The molecule has 0 spiro atoms. The summed E-state index contributed by atoms with van der Waals surface area (Å²) in [7, 11) is 4.80. The average molecular weight is 414 g/mol. The van der Waals surface area contributed by atoms with Crippen molar-refractivity contribution in [2.75, 3.05) is 27.9 Å². The summed E-state index contributed by atoms with van der Waals surface area (Å²) in [6, 6.07) is 4.01. The van der Waals surface area contributed by atoms with Crippen LogP contribution in [0.4, 0.5) is 0 Å². The minimum absolute atomic E-state index is 0.120. The molecule has 1 amide bonds. The minimum Gasteiger partial charge on any atom is -0.493 e. The number of likely N-dealkylation sites (tertiary alicyclic amines) is 1. The Morgan fingerprint density at radius 3 is 1.97 bits per heavy atom. The Morgan fingerprint density at radius 1 is 0.900 bits per heavy atom. The lowest BCUT2D eigenvalue weighted by molar-refractivity contribution is -0.102. The number of hydrogen-bond acceptors (Lipinski definition) is 4. The number of hydrogen-bond donors (Lipinski definition) is 0. The van der Waals surface area contributed by atoms with Crippen LogP contribution in [0.5, 0.6) is 17.2 Å². The van der Waals surface area contributed by atoms with Crippen LogP contribution >= 0.6 is 0 Å². The molecule has 30 heavy (non-hydrogen) atoms. The highest BCUT2D eigenvalue weighted by molar-refractivity contribution is 5.96. The van der Waals surface area contributed by atoms with Crippen LogP contribution in [-0.4, -0.2) is 44.7 Å². The molecule has 5 nitrogen and oxygen atoms in total. The van der Waals surface area contributed by atoms with Crippen molar-refractivity contribution in [1.82, 2.24) is 4.90 Å². The molecular weight excluding hydrogens is 378 g/mol. The van der Waals surface area contributed by atoms with Crippen molar-refractivity contribution in [3.05, 3.63) is 17.7 Å². The Hall–Kier alpha value is -1.91. The van der Waals surface area contributed by atoms with Gasteiger partial charge in [-0.2, -0.15) is 0 Å². The summed E-state index contributed by atoms with van der Waals surface area (Å²) in [5.41, 5.74) is 0.993. The van der Waals surface area contributed by atoms with E-state index in [1.165, 1.54) is 44.9 Å². The van der Waals surface area contributed by atoms with Crippen molar-refractivity contribution in [2.45, 2.75) is 63.8 Å². The van der Waals surface area contributed by atoms with Crippen LogP contribution in [0.3, 0.4) is 0 Å². The zero-order chi connectivity index (χ0) is 20.9. The zero-order valence-corrected chi connectivity index (χ0v) is 18.6. The summed E-state index contributed by atoms with van der Waals surface area (Å²) in [6.07, 6.45) is 11.8. The number of rotatable bonds is 5. The molecule has 164 valence electrons. The lowest BCUT2D eigenvalue weighted by atomic mass is 9.47. The third kappa shape index (κ3) is 3.16. The van der Waals surface area contributed by atoms with Gasteiger partial charge in [0.15, 0.2) is 11.5 Å². The standard InChI is InChI=1S/C25H35NO4/c1-28-20-11-19(12-21(29-2)23(20)30-3)24(27)26-7-5-4-6-22(26)25-13-16-8-17(14-25)10-18(9-16)15-25/h11-12,16-18,22H,4-10,13-15H2,1-3H3/t16?,17?,18?,22-,25?/m0/s1. The van der Waals surface area contributed by atoms with Gasteiger partial charge in [-0.3, -0.25) is 4.79 Å². The maximum Gasteiger partial charge on any atom is 0.254 e. The number of amides is 1. The summed E-state index contributed by atoms with van der Waals surface area (Å²) in [4.78, 5) is 16.0. The first-order chi connectivity index (χ1) is 14.6. The van der Waals surface area contributed by atoms with Crippen LogP contribution in [0, 0.1) is 23.2 Å². The third-order valence-corrected chi connectivity index (χ3v) is 8.47. The van der Waals surface area contributed by atoms with Crippen LogP contribution in [0.25, 0.3) is 0 Å². The lowest BCUT2D eigenvalue weighted by Gasteiger charge is -2.61. The van der Waals surface area contributed by atoms with Gasteiger partial charge in [-0.25, -0.2) is 0 Å². The normalized spacial score (nSPS) is 34.7. The number of methoxy groups -OCH3 is 3. The predicted octanol–water partition coefficient (Wildman–Crippen LogP) is 4.92. The highest BCUT2D eigenvalue weighted by atomic mass is 16.5. The summed E-state index contributed by atoms with van der Waals surface area (Å²) < 4.78 is 16.5. The molecule has 5 heteroatoms. The fraction of sp³-hybridized carbons (Fsp3) is 0.720. The van der Waals surface area contributed by atoms with Gasteiger partial charge in [0.1, 0.15) is 0 Å². The molecule has 4 saturated carbocycles. The number of ether oxygens (including phenoxy) is 3. The molecule has 0 aromatic heterocycles. The smallest absolute Gasteiger partial charge is 0.254 e. The molecule has 5 fully saturated rings. The van der Waals surface area contributed by atoms with Gasteiger partial charge in [-0.15, -0.1) is 0 Å². The second-order valence-corrected chi connectivity index (χ2v) is 10.2. The Kier molecular flexibility index (Phi) is 5.11. The van der Waals surface area contributed by atoms with Crippen molar-refractivity contribution in [1.29, 1.82) is 0 Å². The highest BCUT2D eigenvalue weighted by Crippen LogP contribution is 2.63. The van der Waals surface area contributed by atoms with E-state index in [0.29, 0.717) is 34.3 Å². The third-order valence-electron chi connectivity index (χ3n) is 8.47. The average Bonchev–Trinajstić information content (AvgIpc) is 2.76. The lowest BCUT2D eigenvalue weighted by Crippen LogP contribution is -2.59. The van der Waals surface area contributed by atoms with Crippen LogP contribution < -0.4 is 14.2 Å². The SMILES string of the molecule is COc1cc(C(=O)N2CCCC[C@H]2C23CC4CC(CC(C4)C2)C3)cc(OC)c1OC. The van der Waals surface area contributed by atoms with E-state index in [1.807, 2.05) is 12.1 Å². The first-order valence-electron chi connectivity index (χ1n) is 11.7. The van der Waals surface area contributed by atoms with E-state index in [-0.39, 0.29) is 5.91 Å². The van der Waals surface area contributed by atoms with Gasteiger partial charge < -0.3 is 19.1 Å². The van der Waals surface area contributed by atoms with Gasteiger partial charge >= 0.3 is 0 Å². The van der Waals surface area contributed by atoms with Gasteiger partial charge in [0.05, 0.1) is 21.3 Å². The Balaban J connectivity index is 1.47. The van der Waals surface area contributed by atoms with Crippen LogP contribution in [0.2, 0.25) is 0 Å². The first kappa shape index (κ1) is 20.0. The molecule has 0 radical (unpaired) electrons. The Labute approximate surface area is 180 Å². The molecule has 0 unspecified atom stereocenters. The second-order valence-electron chi connectivity index (χ2n) is 10.2. The maximum absolute atomic E-state index is 13.8. The maximum atomic E-state index is 13.8. The van der Waals surface area contributed by atoms with Crippen molar-refractivity contribution >= 4 is 5.91 Å². The minimum atomic E-state index is 0.120. The van der Waals surface area contributed by atoms with E-state index in [1.54, 1.807) is 21.3 Å². The van der Waals surface area contributed by atoms with Crippen molar-refractivity contribution < 1.29 is 19.0 Å². The number of benzene rings is 1. The molecule has 5 aliphatic rings. The fourth-order valence-corrected chi connectivity index (χ4v) is 7.77. The molecule has 4 aliphatic carbocycles. The molecule has 6 rings (SSSR count). The molecule has 1 aromatic rings.